The number of aromatic nitrogens is 2. The van der Waals surface area contributed by atoms with E-state index in [9.17, 15) is 9.59 Å². The minimum atomic E-state index is -0.660. The van der Waals surface area contributed by atoms with Crippen molar-refractivity contribution in [1.82, 2.24) is 9.13 Å². The van der Waals surface area contributed by atoms with Gasteiger partial charge >= 0.3 is 5.97 Å². The maximum Gasteiger partial charge on any atom is 0.338 e. The lowest BCUT2D eigenvalue weighted by Gasteiger charge is -2.24. The normalized spacial score (nSPS) is 15.2. The summed E-state index contributed by atoms with van der Waals surface area (Å²) >= 11 is 1.33. The Morgan fingerprint density at radius 1 is 1.02 bits per heavy atom. The molecule has 0 unspecified atom stereocenters. The largest absolute Gasteiger partial charge is 0.494 e. The number of carbonyl (C=O) groups excluding carboxylic acids is 1. The van der Waals surface area contributed by atoms with Gasteiger partial charge in [0.25, 0.3) is 5.56 Å². The third kappa shape index (κ3) is 4.84. The lowest BCUT2D eigenvalue weighted by molar-refractivity contribution is -0.139. The van der Waals surface area contributed by atoms with E-state index in [1.165, 1.54) is 16.9 Å². The van der Waals surface area contributed by atoms with Crippen LogP contribution in [0.2, 0.25) is 0 Å². The molecule has 40 heavy (non-hydrogen) atoms. The first-order chi connectivity index (χ1) is 19.2. The lowest BCUT2D eigenvalue weighted by atomic mass is 9.96. The maximum atomic E-state index is 14.0. The topological polar surface area (TPSA) is 74.8 Å². The number of hydrogen-bond acceptors (Lipinski definition) is 6. The molecule has 1 atom stereocenters. The molecule has 1 aliphatic heterocycles. The van der Waals surface area contributed by atoms with Crippen LogP contribution in [-0.4, -0.2) is 28.3 Å². The smallest absolute Gasteiger partial charge is 0.338 e. The molecule has 0 amide bonds. The van der Waals surface area contributed by atoms with Gasteiger partial charge in [-0.2, -0.15) is 0 Å². The van der Waals surface area contributed by atoms with Crippen molar-refractivity contribution in [3.05, 3.63) is 114 Å². The number of allylic oxidation sites excluding steroid dienone is 1. The Kier molecular flexibility index (Phi) is 7.63. The first-order valence-electron chi connectivity index (χ1n) is 13.4. The molecule has 0 bridgehead atoms. The maximum absolute atomic E-state index is 14.0. The summed E-state index contributed by atoms with van der Waals surface area (Å²) in [5.41, 5.74) is 6.87. The molecule has 3 heterocycles. The summed E-state index contributed by atoms with van der Waals surface area (Å²) in [6.07, 6.45) is 1.93. The van der Waals surface area contributed by atoms with E-state index in [2.05, 4.69) is 43.5 Å². The highest BCUT2D eigenvalue weighted by Gasteiger charge is 2.33. The Morgan fingerprint density at radius 3 is 2.42 bits per heavy atom. The summed E-state index contributed by atoms with van der Waals surface area (Å²) in [7, 11) is 0. The van der Waals surface area contributed by atoms with Crippen molar-refractivity contribution in [2.75, 3.05) is 13.2 Å². The van der Waals surface area contributed by atoms with E-state index < -0.39 is 12.0 Å². The van der Waals surface area contributed by atoms with Crippen molar-refractivity contribution in [3.8, 4) is 11.4 Å². The van der Waals surface area contributed by atoms with E-state index in [1.54, 1.807) is 18.4 Å². The highest BCUT2D eigenvalue weighted by Crippen LogP contribution is 2.32. The molecule has 0 saturated heterocycles. The van der Waals surface area contributed by atoms with E-state index in [-0.39, 0.29) is 12.2 Å². The average molecular weight is 556 g/mol. The Labute approximate surface area is 237 Å². The van der Waals surface area contributed by atoms with Crippen LogP contribution in [0.1, 0.15) is 54.9 Å². The van der Waals surface area contributed by atoms with Gasteiger partial charge in [-0.05, 0) is 88.6 Å². The Hall–Kier alpha value is -4.17. The second-order valence-corrected chi connectivity index (χ2v) is 10.8. The molecule has 0 N–H and O–H groups in total. The van der Waals surface area contributed by atoms with Gasteiger partial charge in [-0.1, -0.05) is 41.7 Å². The molecule has 2 aromatic heterocycles. The van der Waals surface area contributed by atoms with Crippen molar-refractivity contribution in [1.29, 1.82) is 0 Å². The second kappa shape index (κ2) is 11.1. The van der Waals surface area contributed by atoms with Gasteiger partial charge in [0.2, 0.25) is 0 Å². The van der Waals surface area contributed by atoms with Crippen LogP contribution in [0.3, 0.4) is 0 Å². The number of benzene rings is 2. The molecule has 0 aliphatic carbocycles. The number of aryl methyl sites for hydroxylation is 2. The first-order valence-corrected chi connectivity index (χ1v) is 14.2. The number of hydrogen-bond donors (Lipinski definition) is 0. The quantitative estimate of drug-likeness (QED) is 0.304. The van der Waals surface area contributed by atoms with E-state index in [1.807, 2.05) is 49.4 Å². The van der Waals surface area contributed by atoms with Gasteiger partial charge in [0, 0.05) is 17.1 Å². The third-order valence-electron chi connectivity index (χ3n) is 7.14. The Morgan fingerprint density at radius 2 is 1.75 bits per heavy atom. The fourth-order valence-electron chi connectivity index (χ4n) is 5.28. The predicted octanol–water partition coefficient (Wildman–Crippen LogP) is 4.91. The number of nitrogens with zero attached hydrogens (tertiary/aromatic N) is 3. The van der Waals surface area contributed by atoms with E-state index >= 15 is 0 Å². The number of rotatable bonds is 7. The molecular formula is C32H33N3O4S. The summed E-state index contributed by atoms with van der Waals surface area (Å²) in [6.45, 7) is 12.5. The molecule has 7 nitrogen and oxygen atoms in total. The highest BCUT2D eigenvalue weighted by atomic mass is 32.1. The molecule has 5 rings (SSSR count). The van der Waals surface area contributed by atoms with Crippen molar-refractivity contribution < 1.29 is 14.3 Å². The van der Waals surface area contributed by atoms with Gasteiger partial charge < -0.3 is 14.0 Å². The second-order valence-electron chi connectivity index (χ2n) is 9.75. The van der Waals surface area contributed by atoms with Crippen molar-refractivity contribution in [3.63, 3.8) is 0 Å². The number of para-hydroxylation sites is 1. The van der Waals surface area contributed by atoms with Gasteiger partial charge in [-0.3, -0.25) is 9.36 Å². The van der Waals surface area contributed by atoms with Crippen molar-refractivity contribution in [2.24, 2.45) is 4.99 Å². The van der Waals surface area contributed by atoms with E-state index in [0.29, 0.717) is 27.2 Å². The van der Waals surface area contributed by atoms with Crippen molar-refractivity contribution >= 4 is 23.4 Å². The SMILES string of the molecule is CCOC(=O)C1=C(C)N=c2s/c(=C\c3cc(C)n(-c4ccccc4C)c3C)c(=O)n2[C@@H]1c1ccc(OCC)cc1. The van der Waals surface area contributed by atoms with Crippen LogP contribution in [0.4, 0.5) is 0 Å². The van der Waals surface area contributed by atoms with Gasteiger partial charge in [-0.15, -0.1) is 0 Å². The molecule has 0 spiro atoms. The third-order valence-corrected chi connectivity index (χ3v) is 8.12. The molecule has 2 aromatic carbocycles. The van der Waals surface area contributed by atoms with Crippen LogP contribution in [0, 0.1) is 20.8 Å². The predicted molar refractivity (Wildman–Crippen MR) is 158 cm³/mol. The monoisotopic (exact) mass is 555 g/mol. The molecule has 4 aromatic rings. The number of carbonyl (C=O) groups is 1. The lowest BCUT2D eigenvalue weighted by Crippen LogP contribution is -2.39. The number of thiazole rings is 1. The van der Waals surface area contributed by atoms with Crippen molar-refractivity contribution in [2.45, 2.75) is 47.6 Å². The zero-order valence-electron chi connectivity index (χ0n) is 23.6. The molecule has 8 heteroatoms. The highest BCUT2D eigenvalue weighted by molar-refractivity contribution is 7.07. The van der Waals surface area contributed by atoms with Gasteiger partial charge in [0.1, 0.15) is 5.75 Å². The molecule has 0 saturated carbocycles. The summed E-state index contributed by atoms with van der Waals surface area (Å²) in [5.74, 6) is 0.250. The zero-order valence-corrected chi connectivity index (χ0v) is 24.5. The van der Waals surface area contributed by atoms with Crippen LogP contribution in [-0.2, 0) is 9.53 Å². The summed E-state index contributed by atoms with van der Waals surface area (Å²) in [6, 6.07) is 17.2. The fraction of sp³-hybridized carbons (Fsp3) is 0.281. The minimum absolute atomic E-state index is 0.197. The summed E-state index contributed by atoms with van der Waals surface area (Å²) < 4.78 is 15.4. The molecular weight excluding hydrogens is 522 g/mol. The number of esters is 1. The minimum Gasteiger partial charge on any atom is -0.494 e. The average Bonchev–Trinajstić information content (AvgIpc) is 3.38. The van der Waals surface area contributed by atoms with Gasteiger partial charge in [0.05, 0.1) is 35.1 Å². The van der Waals surface area contributed by atoms with E-state index in [4.69, 9.17) is 14.5 Å². The standard InChI is InChI=1S/C32H33N3O4S/c1-7-38-25-15-13-23(14-16-25)29-28(31(37)39-8-2)21(5)33-32-35(29)30(36)27(40-32)18-24-17-20(4)34(22(24)6)26-12-10-9-11-19(26)3/h9-18,29H,7-8H2,1-6H3/b27-18-/t29-/m1/s1. The van der Waals surface area contributed by atoms with Crippen LogP contribution in [0.5, 0.6) is 5.75 Å². The van der Waals surface area contributed by atoms with Crippen LogP contribution in [0.15, 0.2) is 75.7 Å². The fourth-order valence-corrected chi connectivity index (χ4v) is 6.32. The Balaban J connectivity index is 1.68. The molecule has 0 fully saturated rings. The summed E-state index contributed by atoms with van der Waals surface area (Å²) in [4.78, 5) is 32.4. The van der Waals surface area contributed by atoms with Crippen LogP contribution in [0.25, 0.3) is 11.8 Å². The van der Waals surface area contributed by atoms with Gasteiger partial charge in [0.15, 0.2) is 4.80 Å². The van der Waals surface area contributed by atoms with Crippen LogP contribution < -0.4 is 19.6 Å². The van der Waals surface area contributed by atoms with Gasteiger partial charge in [-0.25, -0.2) is 9.79 Å². The zero-order chi connectivity index (χ0) is 28.6. The molecule has 206 valence electrons. The number of ether oxygens (including phenoxy) is 2. The van der Waals surface area contributed by atoms with Crippen LogP contribution >= 0.6 is 11.3 Å². The number of fused-ring (bicyclic) bond motifs is 1. The summed E-state index contributed by atoms with van der Waals surface area (Å²) in [5, 5.41) is 0. The molecule has 0 radical (unpaired) electrons. The Bertz CT molecular complexity index is 1810. The van der Waals surface area contributed by atoms with E-state index in [0.717, 1.165) is 34.0 Å². The molecule has 1 aliphatic rings. The first kappa shape index (κ1) is 27.4.